The molecule has 1 saturated carbocycles. The first-order chi connectivity index (χ1) is 11.0. The van der Waals surface area contributed by atoms with Crippen molar-refractivity contribution in [3.63, 3.8) is 0 Å². The molecule has 0 atom stereocenters. The van der Waals surface area contributed by atoms with Gasteiger partial charge < -0.3 is 14.4 Å². The number of piperazine rings is 1. The molecule has 0 spiro atoms. The van der Waals surface area contributed by atoms with Gasteiger partial charge in [0.25, 0.3) is 0 Å². The zero-order valence-electron chi connectivity index (χ0n) is 13.2. The van der Waals surface area contributed by atoms with Gasteiger partial charge in [0, 0.05) is 25.2 Å². The maximum Gasteiger partial charge on any atom is 0.243 e. The highest BCUT2D eigenvalue weighted by Gasteiger charge is 2.39. The Morgan fingerprint density at radius 3 is 2.35 bits per heavy atom. The second kappa shape index (κ2) is 6.01. The lowest BCUT2D eigenvalue weighted by molar-refractivity contribution is -0.134. The third kappa shape index (κ3) is 3.00. The van der Waals surface area contributed by atoms with Gasteiger partial charge in [-0.25, -0.2) is 8.42 Å². The van der Waals surface area contributed by atoms with Crippen LogP contribution in [0.2, 0.25) is 0 Å². The number of carbonyl (C=O) groups is 1. The van der Waals surface area contributed by atoms with E-state index >= 15 is 0 Å². The molecule has 1 heterocycles. The SMILES string of the molecule is COc1ccc(S(=O)(=O)N2CCN(C3CC3)C(=O)C2)cc1OC. The van der Waals surface area contributed by atoms with Gasteiger partial charge in [-0.2, -0.15) is 4.31 Å². The minimum absolute atomic E-state index is 0.0998. The summed E-state index contributed by atoms with van der Waals surface area (Å²) < 4.78 is 37.0. The van der Waals surface area contributed by atoms with E-state index in [1.165, 1.54) is 30.7 Å². The lowest BCUT2D eigenvalue weighted by atomic mass is 10.3. The molecule has 0 N–H and O–H groups in total. The van der Waals surface area contributed by atoms with E-state index in [1.54, 1.807) is 11.0 Å². The van der Waals surface area contributed by atoms with Gasteiger partial charge in [-0.15, -0.1) is 0 Å². The summed E-state index contributed by atoms with van der Waals surface area (Å²) in [6.45, 7) is 0.669. The van der Waals surface area contributed by atoms with Gasteiger partial charge in [-0.3, -0.25) is 4.79 Å². The van der Waals surface area contributed by atoms with Gasteiger partial charge in [0.2, 0.25) is 15.9 Å². The van der Waals surface area contributed by atoms with Gasteiger partial charge in [0.1, 0.15) is 0 Å². The summed E-state index contributed by atoms with van der Waals surface area (Å²) in [4.78, 5) is 14.1. The number of hydrogen-bond acceptors (Lipinski definition) is 5. The maximum absolute atomic E-state index is 12.8. The Hall–Kier alpha value is -1.80. The summed E-state index contributed by atoms with van der Waals surface area (Å²) in [5.74, 6) is 0.681. The highest BCUT2D eigenvalue weighted by Crippen LogP contribution is 2.32. The number of carbonyl (C=O) groups excluding carboxylic acids is 1. The summed E-state index contributed by atoms with van der Waals surface area (Å²) in [6.07, 6.45) is 2.04. The van der Waals surface area contributed by atoms with Crippen LogP contribution in [0, 0.1) is 0 Å². The smallest absolute Gasteiger partial charge is 0.243 e. The largest absolute Gasteiger partial charge is 0.493 e. The van der Waals surface area contributed by atoms with E-state index in [0.29, 0.717) is 30.6 Å². The first kappa shape index (κ1) is 16.1. The molecule has 3 rings (SSSR count). The lowest BCUT2D eigenvalue weighted by Crippen LogP contribution is -2.52. The molecule has 1 aliphatic heterocycles. The van der Waals surface area contributed by atoms with E-state index in [0.717, 1.165) is 12.8 Å². The average Bonchev–Trinajstić information content (AvgIpc) is 3.38. The summed E-state index contributed by atoms with van der Waals surface area (Å²) in [7, 11) is -0.792. The third-order valence-electron chi connectivity index (χ3n) is 4.20. The molecule has 1 aromatic carbocycles. The molecule has 0 unspecified atom stereocenters. The van der Waals surface area contributed by atoms with Crippen LogP contribution in [0.25, 0.3) is 0 Å². The number of ether oxygens (including phenoxy) is 2. The number of methoxy groups -OCH3 is 2. The van der Waals surface area contributed by atoms with Crippen molar-refractivity contribution >= 4 is 15.9 Å². The molecule has 1 aromatic rings. The Morgan fingerprint density at radius 1 is 1.09 bits per heavy atom. The van der Waals surface area contributed by atoms with E-state index in [9.17, 15) is 13.2 Å². The van der Waals surface area contributed by atoms with Crippen molar-refractivity contribution in [2.24, 2.45) is 0 Å². The molecule has 0 aromatic heterocycles. The molecule has 126 valence electrons. The van der Waals surface area contributed by atoms with E-state index < -0.39 is 10.0 Å². The molecular formula is C15H20N2O5S. The quantitative estimate of drug-likeness (QED) is 0.789. The van der Waals surface area contributed by atoms with Crippen LogP contribution in [0.5, 0.6) is 11.5 Å². The van der Waals surface area contributed by atoms with E-state index in [1.807, 2.05) is 0 Å². The maximum atomic E-state index is 12.8. The predicted octanol–water partition coefficient (Wildman–Crippen LogP) is 0.699. The predicted molar refractivity (Wildman–Crippen MR) is 83.0 cm³/mol. The normalized spacial score (nSPS) is 19.7. The summed E-state index contributed by atoms with van der Waals surface area (Å²) in [5.41, 5.74) is 0. The van der Waals surface area contributed by atoms with Gasteiger partial charge in [0.15, 0.2) is 11.5 Å². The van der Waals surface area contributed by atoms with E-state index in [4.69, 9.17) is 9.47 Å². The molecule has 1 aliphatic carbocycles. The molecule has 0 bridgehead atoms. The van der Waals surface area contributed by atoms with Crippen LogP contribution in [0.1, 0.15) is 12.8 Å². The molecule has 23 heavy (non-hydrogen) atoms. The molecule has 8 heteroatoms. The minimum Gasteiger partial charge on any atom is -0.493 e. The Kier molecular flexibility index (Phi) is 4.20. The molecular weight excluding hydrogens is 320 g/mol. The van der Waals surface area contributed by atoms with Crippen LogP contribution in [0.3, 0.4) is 0 Å². The second-order valence-corrected chi connectivity index (χ2v) is 7.61. The molecule has 0 radical (unpaired) electrons. The zero-order valence-corrected chi connectivity index (χ0v) is 14.0. The van der Waals surface area contributed by atoms with E-state index in [-0.39, 0.29) is 17.3 Å². The third-order valence-corrected chi connectivity index (χ3v) is 6.04. The average molecular weight is 340 g/mol. The van der Waals surface area contributed by atoms with Gasteiger partial charge in [-0.1, -0.05) is 0 Å². The van der Waals surface area contributed by atoms with Gasteiger partial charge >= 0.3 is 0 Å². The number of rotatable bonds is 5. The number of hydrogen-bond donors (Lipinski definition) is 0. The van der Waals surface area contributed by atoms with Crippen LogP contribution < -0.4 is 9.47 Å². The fraction of sp³-hybridized carbons (Fsp3) is 0.533. The standard InChI is InChI=1S/C15H20N2O5S/c1-21-13-6-5-12(9-14(13)22-2)23(19,20)16-7-8-17(11-3-4-11)15(18)10-16/h5-6,9,11H,3-4,7-8,10H2,1-2H3. The van der Waals surface area contributed by atoms with Crippen LogP contribution in [0.4, 0.5) is 0 Å². The van der Waals surface area contributed by atoms with Crippen molar-refractivity contribution < 1.29 is 22.7 Å². The second-order valence-electron chi connectivity index (χ2n) is 5.67. The van der Waals surface area contributed by atoms with Gasteiger partial charge in [0.05, 0.1) is 25.7 Å². The lowest BCUT2D eigenvalue weighted by Gasteiger charge is -2.33. The summed E-state index contributed by atoms with van der Waals surface area (Å²) in [6, 6.07) is 4.75. The monoisotopic (exact) mass is 340 g/mol. The van der Waals surface area contributed by atoms with Crippen LogP contribution >= 0.6 is 0 Å². The Labute approximate surface area is 135 Å². The highest BCUT2D eigenvalue weighted by atomic mass is 32.2. The van der Waals surface area contributed by atoms with Crippen molar-refractivity contribution in [1.82, 2.24) is 9.21 Å². The fourth-order valence-electron chi connectivity index (χ4n) is 2.77. The Balaban J connectivity index is 1.82. The molecule has 1 saturated heterocycles. The van der Waals surface area contributed by atoms with Crippen molar-refractivity contribution in [1.29, 1.82) is 0 Å². The summed E-state index contributed by atoms with van der Waals surface area (Å²) in [5, 5.41) is 0. The van der Waals surface area contributed by atoms with Crippen molar-refractivity contribution in [2.45, 2.75) is 23.8 Å². The molecule has 2 aliphatic rings. The highest BCUT2D eigenvalue weighted by molar-refractivity contribution is 7.89. The first-order valence-electron chi connectivity index (χ1n) is 7.49. The number of amides is 1. The summed E-state index contributed by atoms with van der Waals surface area (Å²) >= 11 is 0. The van der Waals surface area contributed by atoms with Crippen LogP contribution in [0.15, 0.2) is 23.1 Å². The zero-order chi connectivity index (χ0) is 16.6. The molecule has 2 fully saturated rings. The van der Waals surface area contributed by atoms with Crippen LogP contribution in [-0.2, 0) is 14.8 Å². The van der Waals surface area contributed by atoms with Crippen molar-refractivity contribution in [2.75, 3.05) is 33.9 Å². The van der Waals surface area contributed by atoms with Crippen molar-refractivity contribution in [3.05, 3.63) is 18.2 Å². The number of benzene rings is 1. The van der Waals surface area contributed by atoms with E-state index in [2.05, 4.69) is 0 Å². The van der Waals surface area contributed by atoms with Crippen LogP contribution in [-0.4, -0.2) is 63.4 Å². The first-order valence-corrected chi connectivity index (χ1v) is 8.93. The molecule has 1 amide bonds. The van der Waals surface area contributed by atoms with Crippen molar-refractivity contribution in [3.8, 4) is 11.5 Å². The number of nitrogens with zero attached hydrogens (tertiary/aromatic N) is 2. The minimum atomic E-state index is -3.73. The fourth-order valence-corrected chi connectivity index (χ4v) is 4.16. The topological polar surface area (TPSA) is 76.2 Å². The number of sulfonamides is 1. The Bertz CT molecular complexity index is 715. The Morgan fingerprint density at radius 2 is 1.78 bits per heavy atom. The molecule has 7 nitrogen and oxygen atoms in total. The van der Waals surface area contributed by atoms with Gasteiger partial charge in [-0.05, 0) is 25.0 Å².